The van der Waals surface area contributed by atoms with E-state index >= 15 is 0 Å². The Bertz CT molecular complexity index is 1420. The summed E-state index contributed by atoms with van der Waals surface area (Å²) in [5.41, 5.74) is -0.478. The van der Waals surface area contributed by atoms with E-state index in [1.807, 2.05) is 0 Å². The maximum Gasteiger partial charge on any atom is 0.437 e. The first-order valence-corrected chi connectivity index (χ1v) is 11.6. The zero-order valence-electron chi connectivity index (χ0n) is 21.4. The molecule has 8 nitrogen and oxygen atoms in total. The van der Waals surface area contributed by atoms with E-state index in [1.54, 1.807) is 63.5 Å². The topological polar surface area (TPSA) is 88.8 Å². The number of ether oxygens (including phenoxy) is 1. The highest BCUT2D eigenvalue weighted by atomic mass is 19.4. The van der Waals surface area contributed by atoms with Crippen LogP contribution in [0.4, 0.5) is 18.0 Å². The average molecular weight is 516 g/mol. The van der Waals surface area contributed by atoms with Crippen LogP contribution < -0.4 is 5.32 Å². The van der Waals surface area contributed by atoms with Crippen LogP contribution in [0.1, 0.15) is 51.1 Å². The van der Waals surface area contributed by atoms with Crippen molar-refractivity contribution in [2.45, 2.75) is 58.4 Å². The van der Waals surface area contributed by atoms with Crippen molar-refractivity contribution in [3.8, 4) is 5.69 Å². The van der Waals surface area contributed by atoms with E-state index in [2.05, 4.69) is 15.3 Å². The molecule has 0 radical (unpaired) electrons. The normalized spacial score (nSPS) is 19.9. The standard InChI is InChI=1S/C26H28F3N5O3/c1-15-30-19-11-10-17(26(27,28)29)13-20(19)34(15)18-9-7-8-16(12-18)25(5)14-21(35)33(6)22(32-25)31-23(36)37-24(2,3)4/h7-13H,14H2,1-6H3,(H,31,32,36)/t25-/m0/s1. The molecular weight excluding hydrogens is 487 g/mol. The lowest BCUT2D eigenvalue weighted by atomic mass is 9.86. The van der Waals surface area contributed by atoms with Gasteiger partial charge in [0.05, 0.1) is 28.6 Å². The number of amides is 2. The van der Waals surface area contributed by atoms with E-state index in [4.69, 9.17) is 4.74 Å². The number of alkyl halides is 3. The molecule has 1 atom stereocenters. The molecule has 1 fully saturated rings. The van der Waals surface area contributed by atoms with Gasteiger partial charge < -0.3 is 10.1 Å². The number of fused-ring (bicyclic) bond motifs is 1. The van der Waals surface area contributed by atoms with Crippen LogP contribution in [0.3, 0.4) is 0 Å². The number of aromatic nitrogens is 2. The number of hydrogen-bond acceptors (Lipinski definition) is 4. The zero-order chi connectivity index (χ0) is 27.3. The van der Waals surface area contributed by atoms with E-state index in [-0.39, 0.29) is 18.3 Å². The van der Waals surface area contributed by atoms with E-state index < -0.39 is 29.0 Å². The van der Waals surface area contributed by atoms with Crippen molar-refractivity contribution in [3.63, 3.8) is 0 Å². The minimum atomic E-state index is -4.49. The molecule has 2 amide bonds. The van der Waals surface area contributed by atoms with Crippen LogP contribution in [0.5, 0.6) is 0 Å². The van der Waals surface area contributed by atoms with Crippen molar-refractivity contribution >= 4 is 29.0 Å². The fourth-order valence-corrected chi connectivity index (χ4v) is 4.25. The molecule has 0 unspecified atom stereocenters. The number of hydrogen-bond donors (Lipinski definition) is 1. The summed E-state index contributed by atoms with van der Waals surface area (Å²) in [6, 6.07) is 10.5. The fourth-order valence-electron chi connectivity index (χ4n) is 4.25. The van der Waals surface area contributed by atoms with Gasteiger partial charge in [0.1, 0.15) is 11.4 Å². The number of aliphatic imine (C=N–C) groups is 1. The van der Waals surface area contributed by atoms with Gasteiger partial charge in [0.15, 0.2) is 0 Å². The third kappa shape index (κ3) is 5.30. The molecule has 196 valence electrons. The summed E-state index contributed by atoms with van der Waals surface area (Å²) in [7, 11) is 1.51. The van der Waals surface area contributed by atoms with Crippen molar-refractivity contribution in [1.82, 2.24) is 19.8 Å². The van der Waals surface area contributed by atoms with Gasteiger partial charge in [0.2, 0.25) is 11.9 Å². The highest BCUT2D eigenvalue weighted by molar-refractivity contribution is 6.03. The second-order valence-corrected chi connectivity index (χ2v) is 10.2. The number of carbonyl (C=O) groups excluding carboxylic acids is 2. The molecule has 1 aliphatic rings. The van der Waals surface area contributed by atoms with Gasteiger partial charge in [-0.05, 0) is 70.5 Å². The van der Waals surface area contributed by atoms with Crippen LogP contribution in [0.2, 0.25) is 0 Å². The first-order valence-electron chi connectivity index (χ1n) is 11.6. The Balaban J connectivity index is 1.75. The third-order valence-corrected chi connectivity index (χ3v) is 6.07. The van der Waals surface area contributed by atoms with Crippen LogP contribution in [0.25, 0.3) is 16.7 Å². The first kappa shape index (κ1) is 26.2. The zero-order valence-corrected chi connectivity index (χ0v) is 21.4. The van der Waals surface area contributed by atoms with E-state index in [0.717, 1.165) is 12.1 Å². The molecule has 1 N–H and O–H groups in total. The number of nitrogens with one attached hydrogen (secondary N) is 1. The SMILES string of the molecule is Cc1nc2ccc(C(F)(F)F)cc2n1-c1cccc([C@]2(C)CC(=O)N(C)/C(=N/C(=O)OC(C)(C)C)N2)c1. The molecule has 0 saturated carbocycles. The minimum Gasteiger partial charge on any atom is -0.442 e. The second kappa shape index (κ2) is 8.89. The van der Waals surface area contributed by atoms with E-state index in [1.165, 1.54) is 18.0 Å². The fraction of sp³-hybridized carbons (Fsp3) is 0.385. The number of carbonyl (C=O) groups is 2. The molecular formula is C26H28F3N5O3. The number of halogens is 3. The summed E-state index contributed by atoms with van der Waals surface area (Å²) >= 11 is 0. The molecule has 1 aromatic heterocycles. The molecule has 37 heavy (non-hydrogen) atoms. The minimum absolute atomic E-state index is 0.0393. The number of imidazole rings is 1. The van der Waals surface area contributed by atoms with Crippen LogP contribution in [-0.4, -0.2) is 45.1 Å². The van der Waals surface area contributed by atoms with Crippen molar-refractivity contribution in [3.05, 3.63) is 59.4 Å². The van der Waals surface area contributed by atoms with Gasteiger partial charge in [0.25, 0.3) is 0 Å². The molecule has 2 heterocycles. The Kier molecular flexibility index (Phi) is 6.29. The number of benzene rings is 2. The van der Waals surface area contributed by atoms with Crippen molar-refractivity contribution < 1.29 is 27.5 Å². The highest BCUT2D eigenvalue weighted by Crippen LogP contribution is 2.34. The average Bonchev–Trinajstić information content (AvgIpc) is 3.10. The monoisotopic (exact) mass is 515 g/mol. The van der Waals surface area contributed by atoms with Gasteiger partial charge in [-0.25, -0.2) is 9.78 Å². The second-order valence-electron chi connectivity index (χ2n) is 10.2. The molecule has 3 aromatic rings. The largest absolute Gasteiger partial charge is 0.442 e. The highest BCUT2D eigenvalue weighted by Gasteiger charge is 2.39. The maximum absolute atomic E-state index is 13.4. The Labute approximate surface area is 212 Å². The molecule has 0 bridgehead atoms. The number of rotatable bonds is 2. The van der Waals surface area contributed by atoms with Gasteiger partial charge in [-0.2, -0.15) is 13.2 Å². The third-order valence-electron chi connectivity index (χ3n) is 6.07. The van der Waals surface area contributed by atoms with Crippen molar-refractivity contribution in [2.75, 3.05) is 7.05 Å². The van der Waals surface area contributed by atoms with E-state index in [9.17, 15) is 22.8 Å². The lowest BCUT2D eigenvalue weighted by Crippen LogP contribution is -2.58. The van der Waals surface area contributed by atoms with E-state index in [0.29, 0.717) is 28.1 Å². The molecule has 11 heteroatoms. The van der Waals surface area contributed by atoms with Gasteiger partial charge >= 0.3 is 12.3 Å². The van der Waals surface area contributed by atoms with Gasteiger partial charge in [-0.1, -0.05) is 12.1 Å². The van der Waals surface area contributed by atoms with Gasteiger partial charge in [-0.3, -0.25) is 14.3 Å². The molecule has 2 aromatic carbocycles. The van der Waals surface area contributed by atoms with Crippen LogP contribution >= 0.6 is 0 Å². The number of nitrogens with zero attached hydrogens (tertiary/aromatic N) is 4. The van der Waals surface area contributed by atoms with Gasteiger partial charge in [-0.15, -0.1) is 4.99 Å². The molecule has 4 rings (SSSR count). The van der Waals surface area contributed by atoms with Crippen LogP contribution in [0, 0.1) is 6.92 Å². The summed E-state index contributed by atoms with van der Waals surface area (Å²) in [6.07, 6.45) is -5.27. The summed E-state index contributed by atoms with van der Waals surface area (Å²) in [5.74, 6) is 0.279. The Morgan fingerprint density at radius 1 is 1.16 bits per heavy atom. The molecule has 1 aliphatic heterocycles. The Morgan fingerprint density at radius 2 is 1.86 bits per heavy atom. The smallest absolute Gasteiger partial charge is 0.437 e. The lowest BCUT2D eigenvalue weighted by molar-refractivity contribution is -0.137. The maximum atomic E-state index is 13.4. The summed E-state index contributed by atoms with van der Waals surface area (Å²) in [4.78, 5) is 34.8. The van der Waals surface area contributed by atoms with Crippen molar-refractivity contribution in [2.24, 2.45) is 4.99 Å². The van der Waals surface area contributed by atoms with Crippen LogP contribution in [-0.2, 0) is 21.2 Å². The summed E-state index contributed by atoms with van der Waals surface area (Å²) < 4.78 is 47.0. The molecule has 0 aliphatic carbocycles. The number of aryl methyl sites for hydroxylation is 1. The summed E-state index contributed by atoms with van der Waals surface area (Å²) in [6.45, 7) is 8.64. The lowest BCUT2D eigenvalue weighted by Gasteiger charge is -2.40. The van der Waals surface area contributed by atoms with Crippen LogP contribution in [0.15, 0.2) is 47.5 Å². The Morgan fingerprint density at radius 3 is 2.51 bits per heavy atom. The molecule has 0 spiro atoms. The van der Waals surface area contributed by atoms with Gasteiger partial charge in [0, 0.05) is 12.7 Å². The number of guanidine groups is 1. The Hall–Kier alpha value is -3.89. The first-order chi connectivity index (χ1) is 17.1. The molecule has 1 saturated heterocycles. The predicted octanol–water partition coefficient (Wildman–Crippen LogP) is 5.31. The quantitative estimate of drug-likeness (QED) is 0.500. The van der Waals surface area contributed by atoms with Crippen molar-refractivity contribution in [1.29, 1.82) is 0 Å². The summed E-state index contributed by atoms with van der Waals surface area (Å²) in [5, 5.41) is 3.18. The predicted molar refractivity (Wildman–Crippen MR) is 132 cm³/mol.